The Morgan fingerprint density at radius 1 is 1.28 bits per heavy atom. The molecule has 3 aliphatic rings. The summed E-state index contributed by atoms with van der Waals surface area (Å²) in [5, 5.41) is 6.08. The Labute approximate surface area is 114 Å². The van der Waals surface area contributed by atoms with Gasteiger partial charge in [0.25, 0.3) is 0 Å². The van der Waals surface area contributed by atoms with Crippen LogP contribution in [0.15, 0.2) is 17.5 Å². The fourth-order valence-corrected chi connectivity index (χ4v) is 5.31. The molecular formula is C16H23NS. The minimum atomic E-state index is 0.608. The number of thiophene rings is 1. The highest BCUT2D eigenvalue weighted by molar-refractivity contribution is 7.09. The molecule has 1 aromatic heterocycles. The van der Waals surface area contributed by atoms with Crippen LogP contribution in [0.3, 0.4) is 0 Å². The van der Waals surface area contributed by atoms with Crippen molar-refractivity contribution in [3.63, 3.8) is 0 Å². The molecule has 2 bridgehead atoms. The van der Waals surface area contributed by atoms with Crippen LogP contribution in [0.2, 0.25) is 0 Å². The molecule has 0 aromatic carbocycles. The van der Waals surface area contributed by atoms with Crippen LogP contribution < -0.4 is 5.32 Å². The number of hydrogen-bond acceptors (Lipinski definition) is 2. The van der Waals surface area contributed by atoms with Crippen molar-refractivity contribution in [1.82, 2.24) is 5.32 Å². The van der Waals surface area contributed by atoms with Crippen LogP contribution in [0, 0.1) is 17.3 Å². The third kappa shape index (κ3) is 2.04. The molecule has 98 valence electrons. The summed E-state index contributed by atoms with van der Waals surface area (Å²) in [5.41, 5.74) is 0.608. The lowest BCUT2D eigenvalue weighted by Crippen LogP contribution is -2.41. The number of rotatable bonds is 5. The smallest absolute Gasteiger partial charge is 0.00684 e. The normalized spacial score (nSPS) is 38.4. The number of fused-ring (bicyclic) bond motifs is 2. The van der Waals surface area contributed by atoms with Crippen LogP contribution in [-0.2, 0) is 6.42 Å². The highest BCUT2D eigenvalue weighted by Gasteiger charge is 2.50. The van der Waals surface area contributed by atoms with Crippen molar-refractivity contribution < 1.29 is 0 Å². The van der Waals surface area contributed by atoms with Gasteiger partial charge in [-0.25, -0.2) is 0 Å². The monoisotopic (exact) mass is 261 g/mol. The lowest BCUT2D eigenvalue weighted by molar-refractivity contribution is 0.157. The van der Waals surface area contributed by atoms with E-state index in [-0.39, 0.29) is 0 Å². The van der Waals surface area contributed by atoms with Gasteiger partial charge in [0.15, 0.2) is 0 Å². The van der Waals surface area contributed by atoms with Crippen LogP contribution in [-0.4, -0.2) is 12.6 Å². The molecule has 0 saturated heterocycles. The quantitative estimate of drug-likeness (QED) is 0.849. The first-order chi connectivity index (χ1) is 8.84. The van der Waals surface area contributed by atoms with E-state index in [9.17, 15) is 0 Å². The zero-order valence-corrected chi connectivity index (χ0v) is 11.8. The zero-order chi connectivity index (χ0) is 12.0. The summed E-state index contributed by atoms with van der Waals surface area (Å²) in [4.78, 5) is 1.61. The van der Waals surface area contributed by atoms with E-state index in [1.807, 2.05) is 11.3 Å². The molecule has 4 rings (SSSR count). The molecule has 1 nitrogen and oxygen atoms in total. The molecule has 1 N–H and O–H groups in total. The molecule has 3 aliphatic carbocycles. The van der Waals surface area contributed by atoms with Gasteiger partial charge in [0.05, 0.1) is 0 Å². The van der Waals surface area contributed by atoms with Gasteiger partial charge in [-0.3, -0.25) is 0 Å². The summed E-state index contributed by atoms with van der Waals surface area (Å²) in [5.74, 6) is 2.06. The van der Waals surface area contributed by atoms with Gasteiger partial charge in [-0.15, -0.1) is 11.3 Å². The van der Waals surface area contributed by atoms with Crippen molar-refractivity contribution in [2.24, 2.45) is 17.3 Å². The molecule has 0 radical (unpaired) electrons. The topological polar surface area (TPSA) is 12.0 Å². The van der Waals surface area contributed by atoms with E-state index >= 15 is 0 Å². The van der Waals surface area contributed by atoms with Gasteiger partial charge >= 0.3 is 0 Å². The Bertz CT molecular complexity index is 409. The maximum absolute atomic E-state index is 3.84. The van der Waals surface area contributed by atoms with Crippen molar-refractivity contribution in [1.29, 1.82) is 0 Å². The summed E-state index contributed by atoms with van der Waals surface area (Å²) in [6.07, 6.45) is 10.2. The Balaban J connectivity index is 1.52. The summed E-state index contributed by atoms with van der Waals surface area (Å²) < 4.78 is 0. The van der Waals surface area contributed by atoms with E-state index in [0.29, 0.717) is 5.41 Å². The van der Waals surface area contributed by atoms with Crippen LogP contribution in [0.1, 0.15) is 43.4 Å². The summed E-state index contributed by atoms with van der Waals surface area (Å²) in [7, 11) is 0. The molecule has 3 saturated carbocycles. The van der Waals surface area contributed by atoms with Gasteiger partial charge in [-0.1, -0.05) is 12.5 Å². The van der Waals surface area contributed by atoms with Crippen molar-refractivity contribution in [3.05, 3.63) is 22.4 Å². The number of hydrogen-bond donors (Lipinski definition) is 1. The third-order valence-corrected chi connectivity index (χ3v) is 6.41. The molecule has 0 aliphatic heterocycles. The highest BCUT2D eigenvalue weighted by atomic mass is 32.1. The van der Waals surface area contributed by atoms with Crippen LogP contribution >= 0.6 is 11.3 Å². The summed E-state index contributed by atoms with van der Waals surface area (Å²) in [6.45, 7) is 1.29. The molecule has 0 spiro atoms. The number of nitrogens with one attached hydrogen (secondary N) is 1. The fraction of sp³-hybridized carbons (Fsp3) is 0.750. The summed E-state index contributed by atoms with van der Waals surface area (Å²) in [6, 6.07) is 5.43. The van der Waals surface area contributed by atoms with E-state index in [1.54, 1.807) is 4.88 Å². The van der Waals surface area contributed by atoms with E-state index in [2.05, 4.69) is 22.8 Å². The minimum absolute atomic E-state index is 0.608. The molecule has 0 amide bonds. The van der Waals surface area contributed by atoms with Gasteiger partial charge in [-0.2, -0.15) is 0 Å². The molecule has 2 heteroatoms. The van der Waals surface area contributed by atoms with E-state index in [4.69, 9.17) is 0 Å². The van der Waals surface area contributed by atoms with E-state index < -0.39 is 0 Å². The molecule has 3 fully saturated rings. The Morgan fingerprint density at radius 2 is 2.22 bits per heavy atom. The Hall–Kier alpha value is -0.340. The second-order valence-corrected chi connectivity index (χ2v) is 7.89. The van der Waals surface area contributed by atoms with Crippen molar-refractivity contribution in [2.45, 2.75) is 51.0 Å². The standard InChI is InChI=1S/C16H23NS/c1-2-15(18-7-1)10-16(11-17-14-5-6-14)9-12-3-4-13(16)8-12/h1-2,7,12-14,17H,3-6,8-11H2. The average molecular weight is 261 g/mol. The Kier molecular flexibility index (Phi) is 2.77. The first-order valence-corrected chi connectivity index (χ1v) is 8.48. The Morgan fingerprint density at radius 3 is 2.83 bits per heavy atom. The van der Waals surface area contributed by atoms with Crippen molar-refractivity contribution in [2.75, 3.05) is 6.54 Å². The summed E-state index contributed by atoms with van der Waals surface area (Å²) >= 11 is 1.96. The second kappa shape index (κ2) is 4.35. The van der Waals surface area contributed by atoms with E-state index in [0.717, 1.165) is 17.9 Å². The molecule has 18 heavy (non-hydrogen) atoms. The lowest BCUT2D eigenvalue weighted by atomic mass is 9.70. The second-order valence-electron chi connectivity index (χ2n) is 6.85. The molecule has 3 atom stereocenters. The molecular weight excluding hydrogens is 238 g/mol. The predicted octanol–water partition coefficient (Wildman–Crippen LogP) is 3.85. The first kappa shape index (κ1) is 11.5. The molecule has 1 aromatic rings. The fourth-order valence-electron chi connectivity index (χ4n) is 4.45. The SMILES string of the molecule is c1csc(CC2(CNC3CC3)CC3CCC2C3)c1. The average Bonchev–Trinajstić information content (AvgIpc) is 2.80. The molecule has 1 heterocycles. The van der Waals surface area contributed by atoms with Crippen LogP contribution in [0.4, 0.5) is 0 Å². The van der Waals surface area contributed by atoms with E-state index in [1.165, 1.54) is 51.5 Å². The highest BCUT2D eigenvalue weighted by Crippen LogP contribution is 2.57. The maximum Gasteiger partial charge on any atom is 0.00684 e. The van der Waals surface area contributed by atoms with Crippen LogP contribution in [0.25, 0.3) is 0 Å². The van der Waals surface area contributed by atoms with Crippen molar-refractivity contribution >= 4 is 11.3 Å². The van der Waals surface area contributed by atoms with Gasteiger partial charge in [0.2, 0.25) is 0 Å². The first-order valence-electron chi connectivity index (χ1n) is 7.60. The minimum Gasteiger partial charge on any atom is -0.313 e. The molecule has 3 unspecified atom stereocenters. The van der Waals surface area contributed by atoms with Gasteiger partial charge in [0, 0.05) is 17.5 Å². The van der Waals surface area contributed by atoms with Gasteiger partial charge in [0.1, 0.15) is 0 Å². The zero-order valence-electron chi connectivity index (χ0n) is 11.0. The van der Waals surface area contributed by atoms with Crippen molar-refractivity contribution in [3.8, 4) is 0 Å². The predicted molar refractivity (Wildman–Crippen MR) is 76.9 cm³/mol. The largest absolute Gasteiger partial charge is 0.313 e. The van der Waals surface area contributed by atoms with Crippen LogP contribution in [0.5, 0.6) is 0 Å². The lowest BCUT2D eigenvalue weighted by Gasteiger charge is -2.38. The maximum atomic E-state index is 3.84. The third-order valence-electron chi connectivity index (χ3n) is 5.53. The van der Waals surface area contributed by atoms with Gasteiger partial charge in [-0.05, 0) is 67.2 Å². The van der Waals surface area contributed by atoms with Gasteiger partial charge < -0.3 is 5.32 Å².